The van der Waals surface area contributed by atoms with E-state index in [9.17, 15) is 0 Å². The fraction of sp³-hybridized carbons (Fsp3) is 0.180. The third-order valence-electron chi connectivity index (χ3n) is 13.5. The summed E-state index contributed by atoms with van der Waals surface area (Å²) in [6.45, 7) is 13.7. The zero-order valence-corrected chi connectivity index (χ0v) is 38.1. The maximum Gasteiger partial charge on any atom is 0.159 e. The molecule has 0 saturated carbocycles. The molecule has 0 spiro atoms. The van der Waals surface area contributed by atoms with Crippen molar-refractivity contribution in [2.45, 2.75) is 72.3 Å². The Morgan fingerprint density at radius 2 is 1.14 bits per heavy atom. The highest BCUT2D eigenvalue weighted by molar-refractivity contribution is 6.29. The minimum absolute atomic E-state index is 0.209. The topological polar surface area (TPSA) is 28.9 Å². The number of ether oxygens (including phenoxy) is 1. The Morgan fingerprint density at radius 1 is 0.554 bits per heavy atom. The second-order valence-corrected chi connectivity index (χ2v) is 18.3. The number of hydrogen-bond acceptors (Lipinski definition) is 4. The number of nitrogens with zero attached hydrogens (tertiary/aromatic N) is 2. The van der Waals surface area contributed by atoms with E-state index in [1.807, 2.05) is 0 Å². The molecule has 10 aromatic rings. The summed E-state index contributed by atoms with van der Waals surface area (Å²) in [4.78, 5) is 4.92. The summed E-state index contributed by atoms with van der Waals surface area (Å²) in [5.74, 6) is 1.47. The van der Waals surface area contributed by atoms with Crippen molar-refractivity contribution in [2.24, 2.45) is 0 Å². The molecule has 1 atom stereocenters. The van der Waals surface area contributed by atoms with E-state index in [2.05, 4.69) is 227 Å². The van der Waals surface area contributed by atoms with Crippen molar-refractivity contribution in [3.8, 4) is 5.75 Å². The number of para-hydroxylation sites is 4. The highest BCUT2D eigenvalue weighted by Gasteiger charge is 2.30. The van der Waals surface area contributed by atoms with Crippen LogP contribution < -0.4 is 14.5 Å². The second-order valence-electron chi connectivity index (χ2n) is 18.3. The lowest BCUT2D eigenvalue weighted by atomic mass is 9.84. The molecule has 4 nitrogen and oxygen atoms in total. The van der Waals surface area contributed by atoms with Gasteiger partial charge in [0.15, 0.2) is 5.58 Å². The van der Waals surface area contributed by atoms with Gasteiger partial charge in [0.05, 0.1) is 22.8 Å². The maximum absolute atomic E-state index is 7.14. The van der Waals surface area contributed by atoms with Gasteiger partial charge in [-0.3, -0.25) is 0 Å². The number of fused-ring (bicyclic) bond motifs is 4. The summed E-state index contributed by atoms with van der Waals surface area (Å²) in [6.07, 6.45) is 8.18. The van der Waals surface area contributed by atoms with Crippen molar-refractivity contribution in [3.05, 3.63) is 204 Å². The predicted molar refractivity (Wildman–Crippen MR) is 276 cm³/mol. The lowest BCUT2D eigenvalue weighted by Crippen LogP contribution is -2.30. The molecule has 4 heteroatoms. The minimum atomic E-state index is -0.209. The van der Waals surface area contributed by atoms with Crippen molar-refractivity contribution in [3.63, 3.8) is 0 Å². The monoisotopic (exact) mass is 846 g/mol. The van der Waals surface area contributed by atoms with E-state index in [-0.39, 0.29) is 17.9 Å². The number of furan rings is 1. The lowest BCUT2D eigenvalue weighted by Gasteiger charge is -2.35. The molecule has 0 N–H and O–H groups in total. The van der Waals surface area contributed by atoms with Gasteiger partial charge in [0.25, 0.3) is 0 Å². The Labute approximate surface area is 382 Å². The number of allylic oxidation sites excluding steroid dienone is 3. The molecule has 0 radical (unpaired) electrons. The van der Waals surface area contributed by atoms with Crippen LogP contribution >= 0.6 is 0 Å². The SMILES string of the molecule is CCC1Oc2cc(C)ccc2C/C=C\C=C/1N(c1ccccc1)c1cc(C(C)C)c2ccc3c(N(c4ccccc4)c4cccc5c4oc4ccccc45)cc(C(C)C)c4ccc1c2c43. The Hall–Kier alpha value is -7.30. The first-order chi connectivity index (χ1) is 31.8. The summed E-state index contributed by atoms with van der Waals surface area (Å²) in [5.41, 5.74) is 13.4. The first-order valence-corrected chi connectivity index (χ1v) is 23.3. The Balaban J connectivity index is 1.22. The molecule has 1 aliphatic rings. The van der Waals surface area contributed by atoms with Gasteiger partial charge < -0.3 is 19.0 Å². The molecule has 9 aromatic carbocycles. The van der Waals surface area contributed by atoms with Crippen LogP contribution in [0.2, 0.25) is 0 Å². The first-order valence-electron chi connectivity index (χ1n) is 23.3. The van der Waals surface area contributed by atoms with Gasteiger partial charge in [0.1, 0.15) is 17.4 Å². The van der Waals surface area contributed by atoms with E-state index in [0.717, 1.165) is 74.7 Å². The van der Waals surface area contributed by atoms with Crippen molar-refractivity contribution in [2.75, 3.05) is 9.80 Å². The van der Waals surface area contributed by atoms with E-state index in [1.165, 1.54) is 54.6 Å². The largest absolute Gasteiger partial charge is 0.484 e. The molecule has 1 aromatic heterocycles. The average molecular weight is 847 g/mol. The minimum Gasteiger partial charge on any atom is -0.484 e. The van der Waals surface area contributed by atoms with E-state index in [0.29, 0.717) is 0 Å². The van der Waals surface area contributed by atoms with Crippen molar-refractivity contribution >= 4 is 82.7 Å². The molecule has 0 saturated heterocycles. The number of rotatable bonds is 9. The molecular formula is C61H54N2O2. The molecule has 11 rings (SSSR count). The van der Waals surface area contributed by atoms with Crippen molar-refractivity contribution in [1.82, 2.24) is 0 Å². The molecule has 0 bridgehead atoms. The third-order valence-corrected chi connectivity index (χ3v) is 13.5. The molecule has 1 unspecified atom stereocenters. The van der Waals surface area contributed by atoms with E-state index in [1.54, 1.807) is 0 Å². The van der Waals surface area contributed by atoms with Crippen LogP contribution in [0.1, 0.15) is 75.1 Å². The standard InChI is InChI=1S/C61H54N2O2/c1-7-56-52(26-16-14-19-41-30-29-40(6)35-58(41)64-56)62(42-20-10-8-11-21-42)54-36-50(38(2)3)45-32-34-49-55(37-51(39(4)5)46-31-33-48(54)59(45)60(46)49)63(43-22-12-9-13-23-43)53-27-18-25-47-44-24-15-17-28-57(44)65-61(47)53/h8-18,20-39,56H,7,19H2,1-6H3/b16-14-,52-26+. The number of benzene rings is 9. The molecule has 65 heavy (non-hydrogen) atoms. The van der Waals surface area contributed by atoms with Crippen molar-refractivity contribution in [1.29, 1.82) is 0 Å². The quantitative estimate of drug-likeness (QED) is 0.135. The highest BCUT2D eigenvalue weighted by atomic mass is 16.5. The van der Waals surface area contributed by atoms with Crippen LogP contribution in [0.5, 0.6) is 5.75 Å². The van der Waals surface area contributed by atoms with Crippen LogP contribution in [-0.2, 0) is 6.42 Å². The molecule has 0 aliphatic carbocycles. The maximum atomic E-state index is 7.14. The smallest absolute Gasteiger partial charge is 0.159 e. The van der Waals surface area contributed by atoms with Crippen molar-refractivity contribution < 1.29 is 9.15 Å². The van der Waals surface area contributed by atoms with Gasteiger partial charge >= 0.3 is 0 Å². The number of hydrogen-bond donors (Lipinski definition) is 0. The number of anilines is 5. The predicted octanol–water partition coefficient (Wildman–Crippen LogP) is 17.5. The fourth-order valence-corrected chi connectivity index (χ4v) is 10.4. The van der Waals surface area contributed by atoms with Crippen LogP contribution in [0.3, 0.4) is 0 Å². The molecule has 0 fully saturated rings. The second kappa shape index (κ2) is 16.4. The summed E-state index contributed by atoms with van der Waals surface area (Å²) in [5, 5.41) is 9.78. The molecule has 0 amide bonds. The average Bonchev–Trinajstić information content (AvgIpc) is 3.75. The summed E-state index contributed by atoms with van der Waals surface area (Å²) in [6, 6.07) is 57.7. The van der Waals surface area contributed by atoms with E-state index < -0.39 is 0 Å². The van der Waals surface area contributed by atoms with Gasteiger partial charge in [-0.05, 0) is 136 Å². The molecular weight excluding hydrogens is 793 g/mol. The normalized spacial score (nSPS) is 15.6. The molecule has 1 aliphatic heterocycles. The van der Waals surface area contributed by atoms with Crippen LogP contribution in [-0.4, -0.2) is 6.10 Å². The summed E-state index contributed by atoms with van der Waals surface area (Å²) in [7, 11) is 0. The zero-order valence-electron chi connectivity index (χ0n) is 38.1. The fourth-order valence-electron chi connectivity index (χ4n) is 10.4. The zero-order chi connectivity index (χ0) is 44.3. The first kappa shape index (κ1) is 40.5. The Kier molecular flexibility index (Phi) is 10.2. The Morgan fingerprint density at radius 3 is 1.78 bits per heavy atom. The van der Waals surface area contributed by atoms with Gasteiger partial charge in [-0.25, -0.2) is 0 Å². The van der Waals surface area contributed by atoms with Crippen LogP contribution in [0, 0.1) is 6.92 Å². The summed E-state index contributed by atoms with van der Waals surface area (Å²) >= 11 is 0. The third kappa shape index (κ3) is 6.82. The van der Waals surface area contributed by atoms with Crippen LogP contribution in [0.4, 0.5) is 28.4 Å². The highest BCUT2D eigenvalue weighted by Crippen LogP contribution is 2.52. The van der Waals surface area contributed by atoms with Crippen LogP contribution in [0.25, 0.3) is 54.3 Å². The number of aryl methyl sites for hydroxylation is 1. The van der Waals surface area contributed by atoms with Gasteiger partial charge in [0, 0.05) is 32.9 Å². The van der Waals surface area contributed by atoms with E-state index in [4.69, 9.17) is 9.15 Å². The van der Waals surface area contributed by atoms with Gasteiger partial charge in [0.2, 0.25) is 0 Å². The van der Waals surface area contributed by atoms with E-state index >= 15 is 0 Å². The van der Waals surface area contributed by atoms with Crippen LogP contribution in [0.15, 0.2) is 186 Å². The Bertz CT molecular complexity index is 3450. The van der Waals surface area contributed by atoms with Gasteiger partial charge in [-0.15, -0.1) is 0 Å². The van der Waals surface area contributed by atoms with Gasteiger partial charge in [-0.2, -0.15) is 0 Å². The van der Waals surface area contributed by atoms with Gasteiger partial charge in [-0.1, -0.05) is 150 Å². The lowest BCUT2D eigenvalue weighted by molar-refractivity contribution is 0.229. The summed E-state index contributed by atoms with van der Waals surface area (Å²) < 4.78 is 13.9. The molecule has 2 heterocycles. The molecule has 320 valence electrons.